The van der Waals surface area contributed by atoms with Crippen molar-refractivity contribution in [2.75, 3.05) is 0 Å². The van der Waals surface area contributed by atoms with Crippen molar-refractivity contribution in [2.24, 2.45) is 16.0 Å². The molecule has 0 aromatic rings. The van der Waals surface area contributed by atoms with Crippen LogP contribution in [0.2, 0.25) is 0 Å². The minimum atomic E-state index is 0. The Kier molecular flexibility index (Phi) is 3.03. The van der Waals surface area contributed by atoms with Crippen molar-refractivity contribution in [1.82, 2.24) is 0 Å². The van der Waals surface area contributed by atoms with E-state index in [0.717, 1.165) is 23.4 Å². The minimum Gasteiger partial charge on any atom is -0.402 e. The maximum absolute atomic E-state index is 5.67. The number of nitrogens with two attached hydrogens (primary N) is 1. The highest BCUT2D eigenvalue weighted by Crippen LogP contribution is 2.24. The van der Waals surface area contributed by atoms with Crippen molar-refractivity contribution in [2.45, 2.75) is 6.42 Å². The molecule has 2 N–H and O–H groups in total. The first-order valence-corrected chi connectivity index (χ1v) is 3.79. The van der Waals surface area contributed by atoms with Crippen LogP contribution >= 0.6 is 12.4 Å². The van der Waals surface area contributed by atoms with Crippen molar-refractivity contribution >= 4 is 12.4 Å². The van der Waals surface area contributed by atoms with Crippen LogP contribution < -0.4 is 5.73 Å². The second kappa shape index (κ2) is 4.05. The molecule has 1 aliphatic heterocycles. The zero-order chi connectivity index (χ0) is 8.39. The highest BCUT2D eigenvalue weighted by molar-refractivity contribution is 5.85. The molecule has 0 atom stereocenters. The van der Waals surface area contributed by atoms with Crippen LogP contribution in [0.3, 0.4) is 0 Å². The van der Waals surface area contributed by atoms with Gasteiger partial charge in [-0.15, -0.1) is 12.4 Å². The molecule has 4 heteroatoms. The Balaban J connectivity index is 0.000000845. The van der Waals surface area contributed by atoms with Crippen LogP contribution in [0.5, 0.6) is 0 Å². The van der Waals surface area contributed by atoms with E-state index in [1.54, 1.807) is 6.20 Å². The molecular formula is C9H10ClN3. The number of nitrogens with zero attached hydrogens (tertiary/aromatic N) is 2. The maximum atomic E-state index is 5.67. The van der Waals surface area contributed by atoms with Gasteiger partial charge < -0.3 is 5.73 Å². The lowest BCUT2D eigenvalue weighted by Gasteiger charge is -2.09. The molecule has 0 aromatic carbocycles. The summed E-state index contributed by atoms with van der Waals surface area (Å²) in [5, 5.41) is 7.84. The molecule has 0 saturated heterocycles. The fourth-order valence-corrected chi connectivity index (χ4v) is 1.20. The molecule has 0 radical (unpaired) electrons. The Morgan fingerprint density at radius 2 is 2.08 bits per heavy atom. The summed E-state index contributed by atoms with van der Waals surface area (Å²) in [7, 11) is 0. The van der Waals surface area contributed by atoms with Crippen molar-refractivity contribution < 1.29 is 0 Å². The molecule has 0 spiro atoms. The molecule has 2 aliphatic rings. The molecule has 1 aliphatic carbocycles. The van der Waals surface area contributed by atoms with Gasteiger partial charge in [-0.2, -0.15) is 10.2 Å². The molecule has 13 heavy (non-hydrogen) atoms. The number of rotatable bonds is 0. The van der Waals surface area contributed by atoms with Crippen molar-refractivity contribution in [1.29, 1.82) is 0 Å². The first kappa shape index (κ1) is 9.74. The van der Waals surface area contributed by atoms with E-state index < -0.39 is 0 Å². The third-order valence-electron chi connectivity index (χ3n) is 1.79. The zero-order valence-electron chi connectivity index (χ0n) is 6.97. The standard InChI is InChI=1S/C9H9N3.ClH/c10-8-3-4-9-7(6-8)2-1-5-11-12-9;/h1-5H,6,10H2;1H. The predicted molar refractivity (Wildman–Crippen MR) is 54.3 cm³/mol. The van der Waals surface area contributed by atoms with E-state index in [-0.39, 0.29) is 12.4 Å². The molecule has 68 valence electrons. The number of hydrogen-bond donors (Lipinski definition) is 1. The van der Waals surface area contributed by atoms with E-state index in [2.05, 4.69) is 10.2 Å². The molecule has 0 saturated carbocycles. The van der Waals surface area contributed by atoms with Crippen LogP contribution in [0.15, 0.2) is 57.7 Å². The fraction of sp³-hybridized carbons (Fsp3) is 0.111. The van der Waals surface area contributed by atoms with Crippen LogP contribution in [0.4, 0.5) is 0 Å². The Morgan fingerprint density at radius 3 is 2.92 bits per heavy atom. The Hall–Kier alpha value is -1.35. The molecule has 2 rings (SSSR count). The van der Waals surface area contributed by atoms with Crippen molar-refractivity contribution in [3.8, 4) is 0 Å². The van der Waals surface area contributed by atoms with E-state index in [0.29, 0.717) is 0 Å². The van der Waals surface area contributed by atoms with Gasteiger partial charge in [0.25, 0.3) is 0 Å². The third kappa shape index (κ3) is 2.06. The van der Waals surface area contributed by atoms with Gasteiger partial charge in [0, 0.05) is 18.3 Å². The van der Waals surface area contributed by atoms with Gasteiger partial charge in [-0.1, -0.05) is 6.08 Å². The number of fused-ring (bicyclic) bond motifs is 1. The molecule has 0 bridgehead atoms. The van der Waals surface area contributed by atoms with Gasteiger partial charge in [-0.25, -0.2) is 0 Å². The molecule has 0 amide bonds. The molecule has 1 heterocycles. The van der Waals surface area contributed by atoms with Crippen LogP contribution in [0.1, 0.15) is 6.42 Å². The van der Waals surface area contributed by atoms with Gasteiger partial charge in [-0.3, -0.25) is 0 Å². The van der Waals surface area contributed by atoms with Gasteiger partial charge in [0.15, 0.2) is 0 Å². The van der Waals surface area contributed by atoms with E-state index in [1.807, 2.05) is 24.3 Å². The average Bonchev–Trinajstić information content (AvgIpc) is 2.28. The quantitative estimate of drug-likeness (QED) is 0.634. The Bertz CT molecular complexity index is 348. The SMILES string of the molecule is Cl.NC1=CC=C2N=NC=CC=C2C1. The molecule has 3 nitrogen and oxygen atoms in total. The zero-order valence-corrected chi connectivity index (χ0v) is 7.79. The summed E-state index contributed by atoms with van der Waals surface area (Å²) in [4.78, 5) is 0. The fourth-order valence-electron chi connectivity index (χ4n) is 1.20. The summed E-state index contributed by atoms with van der Waals surface area (Å²) in [6.45, 7) is 0. The summed E-state index contributed by atoms with van der Waals surface area (Å²) in [6.07, 6.45) is 10.1. The smallest absolute Gasteiger partial charge is 0.0893 e. The van der Waals surface area contributed by atoms with Crippen LogP contribution in [0, 0.1) is 0 Å². The molecule has 0 unspecified atom stereocenters. The monoisotopic (exact) mass is 195 g/mol. The number of azo groups is 1. The van der Waals surface area contributed by atoms with Crippen molar-refractivity contribution in [3.63, 3.8) is 0 Å². The van der Waals surface area contributed by atoms with Gasteiger partial charge >= 0.3 is 0 Å². The van der Waals surface area contributed by atoms with E-state index >= 15 is 0 Å². The van der Waals surface area contributed by atoms with Crippen LogP contribution in [0.25, 0.3) is 0 Å². The molecule has 0 fully saturated rings. The molecular weight excluding hydrogens is 186 g/mol. The predicted octanol–water partition coefficient (Wildman–Crippen LogP) is 2.44. The summed E-state index contributed by atoms with van der Waals surface area (Å²) in [5.41, 5.74) is 8.59. The summed E-state index contributed by atoms with van der Waals surface area (Å²) in [6, 6.07) is 0. The summed E-state index contributed by atoms with van der Waals surface area (Å²) < 4.78 is 0. The van der Waals surface area contributed by atoms with Crippen LogP contribution in [-0.4, -0.2) is 0 Å². The Labute approximate surface area is 82.8 Å². The second-order valence-corrected chi connectivity index (χ2v) is 2.72. The molecule has 0 aromatic heterocycles. The van der Waals surface area contributed by atoms with Gasteiger partial charge in [0.2, 0.25) is 0 Å². The maximum Gasteiger partial charge on any atom is 0.0893 e. The van der Waals surface area contributed by atoms with E-state index in [1.165, 1.54) is 0 Å². The van der Waals surface area contributed by atoms with Gasteiger partial charge in [-0.05, 0) is 23.8 Å². The summed E-state index contributed by atoms with van der Waals surface area (Å²) in [5.74, 6) is 0. The lowest BCUT2D eigenvalue weighted by atomic mass is 10.0. The largest absolute Gasteiger partial charge is 0.402 e. The number of halogens is 1. The summed E-state index contributed by atoms with van der Waals surface area (Å²) >= 11 is 0. The minimum absolute atomic E-state index is 0. The first-order valence-electron chi connectivity index (χ1n) is 3.79. The lowest BCUT2D eigenvalue weighted by Crippen LogP contribution is -2.03. The van der Waals surface area contributed by atoms with E-state index in [9.17, 15) is 0 Å². The van der Waals surface area contributed by atoms with Gasteiger partial charge in [0.05, 0.1) is 5.70 Å². The van der Waals surface area contributed by atoms with Crippen LogP contribution in [-0.2, 0) is 0 Å². The lowest BCUT2D eigenvalue weighted by molar-refractivity contribution is 1.02. The average molecular weight is 196 g/mol. The highest BCUT2D eigenvalue weighted by Gasteiger charge is 2.09. The number of hydrogen-bond acceptors (Lipinski definition) is 3. The second-order valence-electron chi connectivity index (χ2n) is 2.72. The number of allylic oxidation sites excluding steroid dienone is 6. The van der Waals surface area contributed by atoms with Crippen molar-refractivity contribution in [3.05, 3.63) is 47.5 Å². The first-order chi connectivity index (χ1) is 5.86. The normalized spacial score (nSPS) is 18.9. The van der Waals surface area contributed by atoms with Gasteiger partial charge in [0.1, 0.15) is 0 Å². The Morgan fingerprint density at radius 1 is 1.23 bits per heavy atom. The van der Waals surface area contributed by atoms with E-state index in [4.69, 9.17) is 5.73 Å². The topological polar surface area (TPSA) is 50.7 Å². The highest BCUT2D eigenvalue weighted by atomic mass is 35.5. The third-order valence-corrected chi connectivity index (χ3v) is 1.79.